The number of imidazole rings is 1. The highest BCUT2D eigenvalue weighted by Gasteiger charge is 2.11. The molecule has 1 amide bonds. The lowest BCUT2D eigenvalue weighted by atomic mass is 10.1. The normalized spacial score (nSPS) is 10.9. The summed E-state index contributed by atoms with van der Waals surface area (Å²) in [4.78, 5) is 16.9. The summed E-state index contributed by atoms with van der Waals surface area (Å²) in [5.41, 5.74) is 4.55. The second-order valence-electron chi connectivity index (χ2n) is 8.75. The van der Waals surface area contributed by atoms with Gasteiger partial charge in [0.2, 0.25) is 0 Å². The van der Waals surface area contributed by atoms with E-state index in [1.54, 1.807) is 0 Å². The third kappa shape index (κ3) is 7.09. The van der Waals surface area contributed by atoms with Crippen molar-refractivity contribution < 1.29 is 14.3 Å². The maximum absolute atomic E-state index is 12.1. The number of amides is 1. The number of carbonyl (C=O) groups is 1. The van der Waals surface area contributed by atoms with Gasteiger partial charge < -0.3 is 19.4 Å². The van der Waals surface area contributed by atoms with Gasteiger partial charge >= 0.3 is 0 Å². The van der Waals surface area contributed by atoms with Gasteiger partial charge in [-0.25, -0.2) is 4.98 Å². The average molecular weight is 472 g/mol. The minimum Gasteiger partial charge on any atom is -0.494 e. The van der Waals surface area contributed by atoms with Crippen molar-refractivity contribution in [1.29, 1.82) is 0 Å². The van der Waals surface area contributed by atoms with Gasteiger partial charge in [-0.05, 0) is 74.2 Å². The predicted octanol–water partition coefficient (Wildman–Crippen LogP) is 5.25. The van der Waals surface area contributed by atoms with E-state index in [-0.39, 0.29) is 12.5 Å². The van der Waals surface area contributed by atoms with Crippen LogP contribution in [0, 0.1) is 13.8 Å². The van der Waals surface area contributed by atoms with Crippen molar-refractivity contribution in [1.82, 2.24) is 14.9 Å². The zero-order valence-electron chi connectivity index (χ0n) is 20.5. The number of nitrogens with one attached hydrogen (secondary N) is 1. The first-order valence-corrected chi connectivity index (χ1v) is 12.2. The minimum atomic E-state index is -0.120. The van der Waals surface area contributed by atoms with E-state index in [0.29, 0.717) is 18.9 Å². The Morgan fingerprint density at radius 2 is 1.63 bits per heavy atom. The number of aromatic nitrogens is 2. The van der Waals surface area contributed by atoms with Gasteiger partial charge in [-0.2, -0.15) is 0 Å². The summed E-state index contributed by atoms with van der Waals surface area (Å²) < 4.78 is 13.8. The summed E-state index contributed by atoms with van der Waals surface area (Å²) in [7, 11) is 0. The molecule has 0 atom stereocenters. The van der Waals surface area contributed by atoms with Crippen LogP contribution in [-0.2, 0) is 17.8 Å². The zero-order chi connectivity index (χ0) is 24.5. The molecule has 0 aliphatic rings. The third-order valence-electron chi connectivity index (χ3n) is 5.74. The van der Waals surface area contributed by atoms with Crippen LogP contribution >= 0.6 is 0 Å². The Hall–Kier alpha value is -3.80. The van der Waals surface area contributed by atoms with Crippen LogP contribution in [0.2, 0.25) is 0 Å². The number of para-hydroxylation sites is 3. The first-order chi connectivity index (χ1) is 17.1. The van der Waals surface area contributed by atoms with E-state index in [9.17, 15) is 4.79 Å². The van der Waals surface area contributed by atoms with Crippen LogP contribution in [-0.4, -0.2) is 35.2 Å². The Morgan fingerprint density at radius 1 is 0.886 bits per heavy atom. The smallest absolute Gasteiger partial charge is 0.257 e. The monoisotopic (exact) mass is 471 g/mol. The summed E-state index contributed by atoms with van der Waals surface area (Å²) in [6.07, 6.45) is 2.47. The summed E-state index contributed by atoms with van der Waals surface area (Å²) >= 11 is 0. The third-order valence-corrected chi connectivity index (χ3v) is 5.74. The van der Waals surface area contributed by atoms with Crippen molar-refractivity contribution in [3.05, 3.63) is 89.7 Å². The SMILES string of the molecule is Cc1cc(C)cc(OCCCn2c(CCCNC(=O)COc3ccccc3)nc3ccccc32)c1. The summed E-state index contributed by atoms with van der Waals surface area (Å²) in [5, 5.41) is 2.93. The van der Waals surface area contributed by atoms with Crippen molar-refractivity contribution in [3.63, 3.8) is 0 Å². The lowest BCUT2D eigenvalue weighted by Crippen LogP contribution is -2.30. The molecule has 1 N–H and O–H groups in total. The Bertz CT molecular complexity index is 1230. The van der Waals surface area contributed by atoms with E-state index >= 15 is 0 Å². The molecule has 6 heteroatoms. The van der Waals surface area contributed by atoms with E-state index in [1.807, 2.05) is 48.5 Å². The molecule has 0 bridgehead atoms. The Balaban J connectivity index is 1.27. The van der Waals surface area contributed by atoms with Crippen LogP contribution in [0.25, 0.3) is 11.0 Å². The Kier molecular flexibility index (Phi) is 8.39. The fourth-order valence-corrected chi connectivity index (χ4v) is 4.19. The van der Waals surface area contributed by atoms with Gasteiger partial charge in [-0.1, -0.05) is 36.4 Å². The molecule has 4 rings (SSSR count). The Morgan fingerprint density at radius 3 is 2.43 bits per heavy atom. The van der Waals surface area contributed by atoms with Crippen molar-refractivity contribution in [3.8, 4) is 11.5 Å². The van der Waals surface area contributed by atoms with Crippen molar-refractivity contribution in [2.45, 2.75) is 39.7 Å². The molecular formula is C29H33N3O3. The molecule has 4 aromatic rings. The molecule has 1 heterocycles. The molecule has 0 unspecified atom stereocenters. The summed E-state index contributed by atoms with van der Waals surface area (Å²) in [6.45, 7) is 6.24. The van der Waals surface area contributed by atoms with E-state index < -0.39 is 0 Å². The van der Waals surface area contributed by atoms with Gasteiger partial charge in [-0.3, -0.25) is 4.79 Å². The molecule has 0 aliphatic carbocycles. The van der Waals surface area contributed by atoms with Crippen LogP contribution in [0.5, 0.6) is 11.5 Å². The lowest BCUT2D eigenvalue weighted by Gasteiger charge is -2.12. The number of benzene rings is 3. The first-order valence-electron chi connectivity index (χ1n) is 12.2. The average Bonchev–Trinajstić information content (AvgIpc) is 3.20. The first kappa shape index (κ1) is 24.3. The fraction of sp³-hybridized carbons (Fsp3) is 0.310. The number of carbonyl (C=O) groups excluding carboxylic acids is 1. The molecule has 6 nitrogen and oxygen atoms in total. The topological polar surface area (TPSA) is 65.4 Å². The number of rotatable bonds is 12. The van der Waals surface area contributed by atoms with Gasteiger partial charge in [0.1, 0.15) is 17.3 Å². The molecule has 0 saturated heterocycles. The lowest BCUT2D eigenvalue weighted by molar-refractivity contribution is -0.123. The summed E-state index contributed by atoms with van der Waals surface area (Å²) in [6, 6.07) is 23.9. The molecule has 1 aromatic heterocycles. The molecule has 0 aliphatic heterocycles. The molecule has 35 heavy (non-hydrogen) atoms. The second-order valence-corrected chi connectivity index (χ2v) is 8.75. The Labute approximate surface area is 206 Å². The van der Waals surface area contributed by atoms with Gasteiger partial charge in [0.05, 0.1) is 17.6 Å². The molecule has 0 saturated carbocycles. The zero-order valence-corrected chi connectivity index (χ0v) is 20.5. The molecular weight excluding hydrogens is 438 g/mol. The number of nitrogens with zero attached hydrogens (tertiary/aromatic N) is 2. The maximum Gasteiger partial charge on any atom is 0.257 e. The van der Waals surface area contributed by atoms with Gasteiger partial charge in [0.15, 0.2) is 6.61 Å². The van der Waals surface area contributed by atoms with Crippen molar-refractivity contribution >= 4 is 16.9 Å². The van der Waals surface area contributed by atoms with E-state index in [0.717, 1.165) is 48.4 Å². The maximum atomic E-state index is 12.1. The molecule has 0 radical (unpaired) electrons. The standard InChI is InChI=1S/C29H33N3O3/c1-22-18-23(2)20-25(19-22)34-17-9-16-32-27-13-7-6-12-26(27)31-28(32)14-8-15-30-29(33)21-35-24-10-4-3-5-11-24/h3-7,10-13,18-20H,8-9,14-17,21H2,1-2H3,(H,30,33). The summed E-state index contributed by atoms with van der Waals surface area (Å²) in [5.74, 6) is 2.53. The highest BCUT2D eigenvalue weighted by Crippen LogP contribution is 2.19. The number of ether oxygens (including phenoxy) is 2. The van der Waals surface area contributed by atoms with Gasteiger partial charge in [-0.15, -0.1) is 0 Å². The van der Waals surface area contributed by atoms with E-state index in [2.05, 4.69) is 48.0 Å². The van der Waals surface area contributed by atoms with Crippen LogP contribution in [0.15, 0.2) is 72.8 Å². The van der Waals surface area contributed by atoms with Crippen LogP contribution in [0.3, 0.4) is 0 Å². The predicted molar refractivity (Wildman–Crippen MR) is 139 cm³/mol. The largest absolute Gasteiger partial charge is 0.494 e. The molecule has 182 valence electrons. The molecule has 3 aromatic carbocycles. The van der Waals surface area contributed by atoms with Crippen molar-refractivity contribution in [2.75, 3.05) is 19.8 Å². The van der Waals surface area contributed by atoms with E-state index in [1.165, 1.54) is 11.1 Å². The number of hydrogen-bond donors (Lipinski definition) is 1. The second kappa shape index (κ2) is 12.1. The molecule has 0 spiro atoms. The van der Waals surface area contributed by atoms with Crippen LogP contribution in [0.4, 0.5) is 0 Å². The van der Waals surface area contributed by atoms with Crippen molar-refractivity contribution in [2.24, 2.45) is 0 Å². The van der Waals surface area contributed by atoms with Crippen LogP contribution in [0.1, 0.15) is 29.8 Å². The number of fused-ring (bicyclic) bond motifs is 1. The minimum absolute atomic E-state index is 0.0169. The number of hydrogen-bond acceptors (Lipinski definition) is 4. The quantitative estimate of drug-likeness (QED) is 0.287. The molecule has 0 fully saturated rings. The number of aryl methyl sites for hydroxylation is 4. The fourth-order valence-electron chi connectivity index (χ4n) is 4.19. The van der Waals surface area contributed by atoms with Crippen LogP contribution < -0.4 is 14.8 Å². The van der Waals surface area contributed by atoms with Gasteiger partial charge in [0.25, 0.3) is 5.91 Å². The van der Waals surface area contributed by atoms with E-state index in [4.69, 9.17) is 14.5 Å². The highest BCUT2D eigenvalue weighted by atomic mass is 16.5. The van der Waals surface area contributed by atoms with Gasteiger partial charge in [0, 0.05) is 19.5 Å². The highest BCUT2D eigenvalue weighted by molar-refractivity contribution is 5.77.